The lowest BCUT2D eigenvalue weighted by atomic mass is 10.2. The molecule has 1 aromatic heterocycles. The first kappa shape index (κ1) is 17.8. The number of rotatable bonds is 7. The summed E-state index contributed by atoms with van der Waals surface area (Å²) in [6, 6.07) is 14.3. The zero-order chi connectivity index (χ0) is 15.0. The molecule has 23 heavy (non-hydrogen) atoms. The van der Waals surface area contributed by atoms with Crippen LogP contribution in [0.25, 0.3) is 0 Å². The molecule has 0 amide bonds. The van der Waals surface area contributed by atoms with E-state index in [2.05, 4.69) is 27.8 Å². The molecule has 0 spiro atoms. The van der Waals surface area contributed by atoms with E-state index in [1.54, 1.807) is 6.26 Å². The first-order valence-electron chi connectivity index (χ1n) is 7.98. The highest BCUT2D eigenvalue weighted by molar-refractivity contribution is 14.0. The van der Waals surface area contributed by atoms with Crippen molar-refractivity contribution < 1.29 is 4.42 Å². The molecule has 2 N–H and O–H groups in total. The van der Waals surface area contributed by atoms with Crippen molar-refractivity contribution in [2.45, 2.75) is 25.8 Å². The Kier molecular flexibility index (Phi) is 7.45. The Balaban J connectivity index is 0.00000192. The zero-order valence-corrected chi connectivity index (χ0v) is 15.5. The number of furan rings is 1. The van der Waals surface area contributed by atoms with E-state index in [1.807, 2.05) is 30.3 Å². The second kappa shape index (κ2) is 9.60. The quantitative estimate of drug-likeness (QED) is 0.405. The van der Waals surface area contributed by atoms with E-state index >= 15 is 0 Å². The van der Waals surface area contributed by atoms with Crippen LogP contribution in [0.15, 0.2) is 58.1 Å². The van der Waals surface area contributed by atoms with Crippen LogP contribution in [0, 0.1) is 5.92 Å². The van der Waals surface area contributed by atoms with Crippen LogP contribution >= 0.6 is 24.0 Å². The Morgan fingerprint density at radius 1 is 1.09 bits per heavy atom. The van der Waals surface area contributed by atoms with Gasteiger partial charge < -0.3 is 15.1 Å². The van der Waals surface area contributed by atoms with Gasteiger partial charge in [0.15, 0.2) is 5.96 Å². The minimum absolute atomic E-state index is 0. The number of halogens is 1. The van der Waals surface area contributed by atoms with Crippen molar-refractivity contribution in [3.05, 3.63) is 60.1 Å². The predicted molar refractivity (Wildman–Crippen MR) is 104 cm³/mol. The maximum absolute atomic E-state index is 5.35. The average Bonchev–Trinajstić information content (AvgIpc) is 3.24. The number of hydrogen-bond donors (Lipinski definition) is 2. The number of aliphatic imine (C=N–C) groups is 1. The molecule has 1 aliphatic carbocycles. The molecule has 0 aliphatic heterocycles. The Morgan fingerprint density at radius 3 is 2.61 bits per heavy atom. The minimum atomic E-state index is 0. The Morgan fingerprint density at radius 2 is 1.91 bits per heavy atom. The van der Waals surface area contributed by atoms with Crippen molar-refractivity contribution in [2.75, 3.05) is 13.1 Å². The average molecular weight is 425 g/mol. The molecule has 3 rings (SSSR count). The molecule has 5 heteroatoms. The maximum atomic E-state index is 5.35. The Labute approximate surface area is 154 Å². The van der Waals surface area contributed by atoms with Gasteiger partial charge in [0.05, 0.1) is 12.8 Å². The molecule has 1 aromatic carbocycles. The molecular weight excluding hydrogens is 401 g/mol. The smallest absolute Gasteiger partial charge is 0.191 e. The van der Waals surface area contributed by atoms with E-state index in [-0.39, 0.29) is 24.0 Å². The topological polar surface area (TPSA) is 49.6 Å². The minimum Gasteiger partial charge on any atom is -0.469 e. The summed E-state index contributed by atoms with van der Waals surface area (Å²) in [5, 5.41) is 6.83. The van der Waals surface area contributed by atoms with Gasteiger partial charge in [0, 0.05) is 19.5 Å². The number of nitrogens with zero attached hydrogens (tertiary/aromatic N) is 1. The van der Waals surface area contributed by atoms with Crippen molar-refractivity contribution in [3.63, 3.8) is 0 Å². The third kappa shape index (κ3) is 6.64. The summed E-state index contributed by atoms with van der Waals surface area (Å²) < 4.78 is 5.35. The van der Waals surface area contributed by atoms with Crippen LogP contribution in [-0.2, 0) is 13.0 Å². The van der Waals surface area contributed by atoms with Crippen LogP contribution in [0.3, 0.4) is 0 Å². The summed E-state index contributed by atoms with van der Waals surface area (Å²) in [5.41, 5.74) is 1.22. The van der Waals surface area contributed by atoms with E-state index in [0.717, 1.165) is 37.1 Å². The summed E-state index contributed by atoms with van der Waals surface area (Å²) in [5.74, 6) is 2.72. The van der Waals surface area contributed by atoms with E-state index in [1.165, 1.54) is 18.4 Å². The van der Waals surface area contributed by atoms with E-state index < -0.39 is 0 Å². The van der Waals surface area contributed by atoms with Gasteiger partial charge in [-0.15, -0.1) is 24.0 Å². The van der Waals surface area contributed by atoms with Crippen molar-refractivity contribution in [2.24, 2.45) is 10.9 Å². The molecule has 1 fully saturated rings. The maximum Gasteiger partial charge on any atom is 0.191 e. The normalized spacial score (nSPS) is 14.2. The summed E-state index contributed by atoms with van der Waals surface area (Å²) in [6.07, 6.45) is 5.25. The van der Waals surface area contributed by atoms with Gasteiger partial charge >= 0.3 is 0 Å². The summed E-state index contributed by atoms with van der Waals surface area (Å²) in [4.78, 5) is 4.68. The molecule has 4 nitrogen and oxygen atoms in total. The first-order valence-corrected chi connectivity index (χ1v) is 7.98. The molecule has 2 aromatic rings. The molecule has 1 heterocycles. The Bertz CT molecular complexity index is 580. The van der Waals surface area contributed by atoms with Crippen LogP contribution in [-0.4, -0.2) is 19.0 Å². The van der Waals surface area contributed by atoms with Crippen molar-refractivity contribution in [1.82, 2.24) is 10.6 Å². The predicted octanol–water partition coefficient (Wildman–Crippen LogP) is 3.59. The van der Waals surface area contributed by atoms with Crippen LogP contribution in [0.5, 0.6) is 0 Å². The fourth-order valence-electron chi connectivity index (χ4n) is 2.25. The SMILES string of the molecule is I.c1ccc(CN=C(NCCc2ccco2)NCC2CC2)cc1. The summed E-state index contributed by atoms with van der Waals surface area (Å²) in [7, 11) is 0. The fraction of sp³-hybridized carbons (Fsp3) is 0.389. The number of nitrogens with one attached hydrogen (secondary N) is 2. The number of benzene rings is 1. The second-order valence-electron chi connectivity index (χ2n) is 5.73. The van der Waals surface area contributed by atoms with Gasteiger partial charge in [0.1, 0.15) is 5.76 Å². The molecular formula is C18H24IN3O. The Hall–Kier alpha value is -1.50. The van der Waals surface area contributed by atoms with Gasteiger partial charge in [0.2, 0.25) is 0 Å². The van der Waals surface area contributed by atoms with Crippen LogP contribution in [0.1, 0.15) is 24.2 Å². The lowest BCUT2D eigenvalue weighted by molar-refractivity contribution is 0.506. The first-order chi connectivity index (χ1) is 10.9. The third-order valence-electron chi connectivity index (χ3n) is 3.76. The zero-order valence-electron chi connectivity index (χ0n) is 13.2. The summed E-state index contributed by atoms with van der Waals surface area (Å²) in [6.45, 7) is 2.53. The van der Waals surface area contributed by atoms with Crippen LogP contribution in [0.2, 0.25) is 0 Å². The highest BCUT2D eigenvalue weighted by atomic mass is 127. The van der Waals surface area contributed by atoms with E-state index in [9.17, 15) is 0 Å². The third-order valence-corrected chi connectivity index (χ3v) is 3.76. The van der Waals surface area contributed by atoms with Gasteiger partial charge in [-0.2, -0.15) is 0 Å². The molecule has 0 unspecified atom stereocenters. The summed E-state index contributed by atoms with van der Waals surface area (Å²) >= 11 is 0. The van der Waals surface area contributed by atoms with Crippen molar-refractivity contribution in [1.29, 1.82) is 0 Å². The van der Waals surface area contributed by atoms with Crippen LogP contribution in [0.4, 0.5) is 0 Å². The van der Waals surface area contributed by atoms with Crippen molar-refractivity contribution in [3.8, 4) is 0 Å². The molecule has 0 bridgehead atoms. The van der Waals surface area contributed by atoms with Gasteiger partial charge in [-0.1, -0.05) is 30.3 Å². The molecule has 0 radical (unpaired) electrons. The van der Waals surface area contributed by atoms with Gasteiger partial charge in [-0.25, -0.2) is 4.99 Å². The second-order valence-corrected chi connectivity index (χ2v) is 5.73. The van der Waals surface area contributed by atoms with Gasteiger partial charge in [0.25, 0.3) is 0 Å². The van der Waals surface area contributed by atoms with Crippen molar-refractivity contribution >= 4 is 29.9 Å². The molecule has 0 atom stereocenters. The highest BCUT2D eigenvalue weighted by Crippen LogP contribution is 2.27. The van der Waals surface area contributed by atoms with E-state index in [0.29, 0.717) is 6.54 Å². The molecule has 124 valence electrons. The lowest BCUT2D eigenvalue weighted by Gasteiger charge is -2.12. The molecule has 1 saturated carbocycles. The highest BCUT2D eigenvalue weighted by Gasteiger charge is 2.21. The number of hydrogen-bond acceptors (Lipinski definition) is 2. The van der Waals surface area contributed by atoms with Gasteiger partial charge in [-0.3, -0.25) is 0 Å². The van der Waals surface area contributed by atoms with E-state index in [4.69, 9.17) is 4.42 Å². The lowest BCUT2D eigenvalue weighted by Crippen LogP contribution is -2.39. The van der Waals surface area contributed by atoms with Crippen LogP contribution < -0.4 is 10.6 Å². The molecule has 0 saturated heterocycles. The fourth-order valence-corrected chi connectivity index (χ4v) is 2.25. The van der Waals surface area contributed by atoms with Gasteiger partial charge in [-0.05, 0) is 36.5 Å². The number of guanidine groups is 1. The standard InChI is InChI=1S/C18H23N3O.HI/c1-2-5-15(6-3-1)13-20-18(21-14-16-8-9-16)19-11-10-17-7-4-12-22-17;/h1-7,12,16H,8-11,13-14H2,(H2,19,20,21);1H. The monoisotopic (exact) mass is 425 g/mol. The molecule has 1 aliphatic rings. The largest absolute Gasteiger partial charge is 0.469 e.